The van der Waals surface area contributed by atoms with Gasteiger partial charge in [0.2, 0.25) is 5.91 Å². The Labute approximate surface area is 154 Å². The van der Waals surface area contributed by atoms with Gasteiger partial charge < -0.3 is 10.1 Å². The molecule has 2 aromatic rings. The van der Waals surface area contributed by atoms with E-state index in [1.807, 2.05) is 42.8 Å². The molecular weight excluding hydrogens is 330 g/mol. The molecule has 7 heteroatoms. The van der Waals surface area contributed by atoms with E-state index in [-0.39, 0.29) is 18.0 Å². The van der Waals surface area contributed by atoms with Gasteiger partial charge in [-0.2, -0.15) is 5.10 Å². The first-order chi connectivity index (χ1) is 12.6. The molecule has 0 aliphatic carbocycles. The van der Waals surface area contributed by atoms with Crippen LogP contribution in [0.1, 0.15) is 35.8 Å². The van der Waals surface area contributed by atoms with Crippen molar-refractivity contribution < 1.29 is 9.53 Å². The van der Waals surface area contributed by atoms with Gasteiger partial charge in [0.05, 0.1) is 12.8 Å². The highest BCUT2D eigenvalue weighted by Crippen LogP contribution is 2.25. The monoisotopic (exact) mass is 357 g/mol. The number of amides is 1. The Morgan fingerprint density at radius 3 is 2.92 bits per heavy atom. The number of rotatable bonds is 7. The van der Waals surface area contributed by atoms with Crippen LogP contribution < -0.4 is 20.9 Å². The molecule has 1 aliphatic heterocycles. The molecule has 7 nitrogen and oxygen atoms in total. The first-order valence-electron chi connectivity index (χ1n) is 9.00. The number of nitrogens with one attached hydrogen (secondary N) is 3. The quantitative estimate of drug-likeness (QED) is 0.656. The maximum absolute atomic E-state index is 12.4. The average Bonchev–Trinajstić information content (AvgIpc) is 3.25. The second-order valence-corrected chi connectivity index (χ2v) is 6.70. The van der Waals surface area contributed by atoms with Crippen molar-refractivity contribution in [3.63, 3.8) is 0 Å². The second kappa shape index (κ2) is 8.33. The number of hydrogen-bond donors (Lipinski definition) is 3. The molecular formula is C19H27N5O2. The van der Waals surface area contributed by atoms with Gasteiger partial charge in [0.15, 0.2) is 0 Å². The highest BCUT2D eigenvalue weighted by atomic mass is 16.5. The predicted octanol–water partition coefficient (Wildman–Crippen LogP) is 1.62. The summed E-state index contributed by atoms with van der Waals surface area (Å²) in [4.78, 5) is 12.4. The number of hydrazine groups is 1. The molecule has 1 fully saturated rings. The summed E-state index contributed by atoms with van der Waals surface area (Å²) < 4.78 is 7.25. The van der Waals surface area contributed by atoms with E-state index >= 15 is 0 Å². The molecule has 0 spiro atoms. The van der Waals surface area contributed by atoms with Crippen LogP contribution in [0, 0.1) is 13.8 Å². The van der Waals surface area contributed by atoms with Gasteiger partial charge >= 0.3 is 0 Å². The third kappa shape index (κ3) is 4.42. The lowest BCUT2D eigenvalue weighted by Crippen LogP contribution is -2.43. The van der Waals surface area contributed by atoms with E-state index in [9.17, 15) is 4.79 Å². The lowest BCUT2D eigenvalue weighted by molar-refractivity contribution is -0.122. The maximum Gasteiger partial charge on any atom is 0.238 e. The molecule has 2 unspecified atom stereocenters. The number of aromatic nitrogens is 2. The van der Waals surface area contributed by atoms with Gasteiger partial charge in [-0.15, -0.1) is 0 Å². The maximum atomic E-state index is 12.4. The molecule has 1 amide bonds. The van der Waals surface area contributed by atoms with Gasteiger partial charge in [0.25, 0.3) is 0 Å². The van der Waals surface area contributed by atoms with E-state index < -0.39 is 0 Å². The van der Waals surface area contributed by atoms with Crippen molar-refractivity contribution >= 4 is 5.91 Å². The van der Waals surface area contributed by atoms with E-state index in [0.717, 1.165) is 35.7 Å². The Balaban J connectivity index is 1.43. The van der Waals surface area contributed by atoms with Crippen LogP contribution in [-0.2, 0) is 11.3 Å². The van der Waals surface area contributed by atoms with Crippen LogP contribution in [0.15, 0.2) is 30.3 Å². The number of carbonyl (C=O) groups excluding carboxylic acids is 1. The molecule has 1 aromatic heterocycles. The van der Waals surface area contributed by atoms with Crippen LogP contribution in [-0.4, -0.2) is 35.4 Å². The van der Waals surface area contributed by atoms with Gasteiger partial charge in [-0.1, -0.05) is 12.1 Å². The van der Waals surface area contributed by atoms with Crippen molar-refractivity contribution in [1.29, 1.82) is 0 Å². The molecule has 1 aliphatic rings. The zero-order chi connectivity index (χ0) is 18.5. The van der Waals surface area contributed by atoms with E-state index in [2.05, 4.69) is 27.3 Å². The van der Waals surface area contributed by atoms with Crippen molar-refractivity contribution in [3.8, 4) is 5.75 Å². The summed E-state index contributed by atoms with van der Waals surface area (Å²) in [6, 6.07) is 9.83. The number of methoxy groups -OCH3 is 1. The lowest BCUT2D eigenvalue weighted by atomic mass is 10.0. The number of nitrogens with zero attached hydrogens (tertiary/aromatic N) is 2. The number of benzene rings is 1. The Morgan fingerprint density at radius 2 is 2.19 bits per heavy atom. The molecule has 0 saturated carbocycles. The minimum absolute atomic E-state index is 0.0243. The SMILES string of the molecule is COc1cccc(C2CC(C(=O)NCCCn3nc(C)cc3C)NN2)c1. The highest BCUT2D eigenvalue weighted by molar-refractivity contribution is 5.82. The van der Waals surface area contributed by atoms with Crippen molar-refractivity contribution in [1.82, 2.24) is 25.9 Å². The predicted molar refractivity (Wildman–Crippen MR) is 99.7 cm³/mol. The number of carbonyl (C=O) groups is 1. The summed E-state index contributed by atoms with van der Waals surface area (Å²) in [5.74, 6) is 0.845. The summed E-state index contributed by atoms with van der Waals surface area (Å²) >= 11 is 0. The third-order valence-electron chi connectivity index (χ3n) is 4.67. The smallest absolute Gasteiger partial charge is 0.238 e. The van der Waals surface area contributed by atoms with E-state index in [0.29, 0.717) is 13.0 Å². The molecule has 3 N–H and O–H groups in total. The second-order valence-electron chi connectivity index (χ2n) is 6.70. The van der Waals surface area contributed by atoms with Crippen LogP contribution in [0.4, 0.5) is 0 Å². The zero-order valence-electron chi connectivity index (χ0n) is 15.6. The fourth-order valence-corrected chi connectivity index (χ4v) is 3.27. The fourth-order valence-electron chi connectivity index (χ4n) is 3.27. The van der Waals surface area contributed by atoms with Crippen LogP contribution in [0.25, 0.3) is 0 Å². The molecule has 0 radical (unpaired) electrons. The molecule has 26 heavy (non-hydrogen) atoms. The van der Waals surface area contributed by atoms with Gasteiger partial charge in [-0.3, -0.25) is 9.48 Å². The van der Waals surface area contributed by atoms with Crippen molar-refractivity contribution in [2.75, 3.05) is 13.7 Å². The summed E-state index contributed by atoms with van der Waals surface area (Å²) in [6.07, 6.45) is 1.56. The standard InChI is InChI=1S/C19H27N5O2/c1-13-10-14(2)24(23-13)9-5-8-20-19(25)18-12-17(21-22-18)15-6-4-7-16(11-15)26-3/h4,6-7,10-11,17-18,21-22H,5,8-9,12H2,1-3H3,(H,20,25). The highest BCUT2D eigenvalue weighted by Gasteiger charge is 2.30. The van der Waals surface area contributed by atoms with Crippen molar-refractivity contribution in [3.05, 3.63) is 47.3 Å². The van der Waals surface area contributed by atoms with Crippen LogP contribution in [0.5, 0.6) is 5.75 Å². The number of hydrogen-bond acceptors (Lipinski definition) is 5. The first kappa shape index (κ1) is 18.4. The number of ether oxygens (including phenoxy) is 1. The Morgan fingerprint density at radius 1 is 1.35 bits per heavy atom. The van der Waals surface area contributed by atoms with Gasteiger partial charge in [-0.25, -0.2) is 10.9 Å². The van der Waals surface area contributed by atoms with Gasteiger partial charge in [0, 0.05) is 24.8 Å². The molecule has 1 saturated heterocycles. The van der Waals surface area contributed by atoms with Crippen LogP contribution in [0.3, 0.4) is 0 Å². The average molecular weight is 357 g/mol. The molecule has 140 valence electrons. The molecule has 2 heterocycles. The Bertz CT molecular complexity index is 758. The summed E-state index contributed by atoms with van der Waals surface area (Å²) in [5, 5.41) is 7.44. The first-order valence-corrected chi connectivity index (χ1v) is 9.00. The molecule has 3 rings (SSSR count). The minimum atomic E-state index is -0.236. The van der Waals surface area contributed by atoms with Crippen LogP contribution in [0.2, 0.25) is 0 Å². The van der Waals surface area contributed by atoms with E-state index in [4.69, 9.17) is 4.74 Å². The van der Waals surface area contributed by atoms with E-state index in [1.54, 1.807) is 7.11 Å². The molecule has 1 aromatic carbocycles. The van der Waals surface area contributed by atoms with Crippen molar-refractivity contribution in [2.24, 2.45) is 0 Å². The molecule has 0 bridgehead atoms. The fraction of sp³-hybridized carbons (Fsp3) is 0.474. The lowest BCUT2D eigenvalue weighted by Gasteiger charge is -2.12. The van der Waals surface area contributed by atoms with Gasteiger partial charge in [-0.05, 0) is 50.5 Å². The Kier molecular flexibility index (Phi) is 5.90. The summed E-state index contributed by atoms with van der Waals surface area (Å²) in [5.41, 5.74) is 9.58. The summed E-state index contributed by atoms with van der Waals surface area (Å²) in [6.45, 7) is 5.48. The topological polar surface area (TPSA) is 80.2 Å². The normalized spacial score (nSPS) is 19.5. The minimum Gasteiger partial charge on any atom is -0.497 e. The zero-order valence-corrected chi connectivity index (χ0v) is 15.6. The largest absolute Gasteiger partial charge is 0.497 e. The van der Waals surface area contributed by atoms with Crippen molar-refractivity contribution in [2.45, 2.75) is 45.3 Å². The van der Waals surface area contributed by atoms with E-state index in [1.165, 1.54) is 0 Å². The number of aryl methyl sites for hydroxylation is 3. The van der Waals surface area contributed by atoms with Crippen LogP contribution >= 0.6 is 0 Å². The molecule has 2 atom stereocenters. The van der Waals surface area contributed by atoms with Gasteiger partial charge in [0.1, 0.15) is 11.8 Å². The third-order valence-corrected chi connectivity index (χ3v) is 4.67. The summed E-state index contributed by atoms with van der Waals surface area (Å²) in [7, 11) is 1.65. The Hall–Kier alpha value is -2.38.